The van der Waals surface area contributed by atoms with Gasteiger partial charge in [0.05, 0.1) is 7.11 Å². The van der Waals surface area contributed by atoms with Gasteiger partial charge in [0.2, 0.25) is 0 Å². The summed E-state index contributed by atoms with van der Waals surface area (Å²) < 4.78 is 5.27. The van der Waals surface area contributed by atoms with Gasteiger partial charge in [-0.15, -0.1) is 0 Å². The minimum Gasteiger partial charge on any atom is -0.496 e. The topological polar surface area (TPSA) is 38.3 Å². The normalized spacial score (nSPS) is 9.93. The zero-order valence-corrected chi connectivity index (χ0v) is 10.0. The van der Waals surface area contributed by atoms with Gasteiger partial charge in [0.15, 0.2) is 0 Å². The van der Waals surface area contributed by atoms with Gasteiger partial charge in [-0.3, -0.25) is 4.79 Å². The predicted molar refractivity (Wildman–Crippen MR) is 62.1 cm³/mol. The van der Waals surface area contributed by atoms with E-state index in [1.807, 2.05) is 26.8 Å². The molecule has 0 heterocycles. The molecule has 1 N–H and O–H groups in total. The van der Waals surface area contributed by atoms with Crippen molar-refractivity contribution >= 4 is 22.7 Å². The first kappa shape index (κ1) is 11.9. The molecule has 0 fully saturated rings. The number of nitrogens with one attached hydrogen (secondary N) is 1. The zero-order chi connectivity index (χ0) is 11.6. The van der Waals surface area contributed by atoms with Crippen LogP contribution in [0.15, 0.2) is 6.07 Å². The lowest BCUT2D eigenvalue weighted by Gasteiger charge is -2.15. The Hall–Kier alpha value is -1.22. The number of methoxy groups -OCH3 is 1. The van der Waals surface area contributed by atoms with E-state index in [4.69, 9.17) is 16.3 Å². The van der Waals surface area contributed by atoms with Crippen LogP contribution >= 0.6 is 11.6 Å². The average molecular weight is 228 g/mol. The molecule has 0 atom stereocenters. The molecule has 4 heteroatoms. The van der Waals surface area contributed by atoms with E-state index < -0.39 is 5.37 Å². The van der Waals surface area contributed by atoms with Crippen molar-refractivity contribution in [3.05, 3.63) is 22.8 Å². The van der Waals surface area contributed by atoms with Crippen molar-refractivity contribution in [2.45, 2.75) is 20.8 Å². The second-order valence-corrected chi connectivity index (χ2v) is 3.77. The molecule has 0 aliphatic carbocycles. The molecule has 0 aliphatic rings. The number of carbonyl (C=O) groups is 1. The summed E-state index contributed by atoms with van der Waals surface area (Å²) in [4.78, 5) is 10.8. The molecule has 0 aliphatic heterocycles. The van der Waals surface area contributed by atoms with E-state index in [1.54, 1.807) is 7.11 Å². The fourth-order valence-electron chi connectivity index (χ4n) is 1.61. The van der Waals surface area contributed by atoms with Crippen LogP contribution in [0.2, 0.25) is 0 Å². The van der Waals surface area contributed by atoms with Gasteiger partial charge < -0.3 is 10.1 Å². The van der Waals surface area contributed by atoms with Crippen LogP contribution in [-0.2, 0) is 0 Å². The fourth-order valence-corrected chi connectivity index (χ4v) is 1.71. The number of halogens is 1. The molecule has 1 rings (SSSR count). The molecular formula is C11H14ClNO2. The number of benzene rings is 1. The highest BCUT2D eigenvalue weighted by Crippen LogP contribution is 2.31. The van der Waals surface area contributed by atoms with Crippen LogP contribution in [0.5, 0.6) is 5.75 Å². The van der Waals surface area contributed by atoms with Gasteiger partial charge >= 0.3 is 5.37 Å². The third-order valence-corrected chi connectivity index (χ3v) is 2.56. The fraction of sp³-hybridized carbons (Fsp3) is 0.364. The van der Waals surface area contributed by atoms with Crippen molar-refractivity contribution in [2.24, 2.45) is 0 Å². The molecule has 1 aromatic rings. The molecule has 82 valence electrons. The highest BCUT2D eigenvalue weighted by atomic mass is 35.5. The number of ether oxygens (including phenoxy) is 1. The van der Waals surface area contributed by atoms with Crippen LogP contribution in [0.4, 0.5) is 10.5 Å². The predicted octanol–water partition coefficient (Wildman–Crippen LogP) is 3.39. The van der Waals surface area contributed by atoms with Gasteiger partial charge in [-0.1, -0.05) is 0 Å². The summed E-state index contributed by atoms with van der Waals surface area (Å²) in [6.45, 7) is 5.79. The molecular weight excluding hydrogens is 214 g/mol. The Morgan fingerprint density at radius 1 is 1.33 bits per heavy atom. The third kappa shape index (κ3) is 2.42. The van der Waals surface area contributed by atoms with E-state index >= 15 is 0 Å². The summed E-state index contributed by atoms with van der Waals surface area (Å²) in [6.07, 6.45) is 0. The second-order valence-electron chi connectivity index (χ2n) is 3.42. The third-order valence-electron chi connectivity index (χ3n) is 2.46. The van der Waals surface area contributed by atoms with Crippen molar-refractivity contribution in [3.8, 4) is 5.75 Å². The molecule has 3 nitrogen and oxygen atoms in total. The minimum atomic E-state index is -0.581. The molecule has 1 amide bonds. The van der Waals surface area contributed by atoms with Crippen molar-refractivity contribution in [1.29, 1.82) is 0 Å². The first-order valence-corrected chi connectivity index (χ1v) is 4.96. The Morgan fingerprint density at radius 3 is 2.40 bits per heavy atom. The van der Waals surface area contributed by atoms with Gasteiger partial charge in [-0.05, 0) is 55.1 Å². The van der Waals surface area contributed by atoms with E-state index in [-0.39, 0.29) is 0 Å². The number of anilines is 1. The monoisotopic (exact) mass is 227 g/mol. The lowest BCUT2D eigenvalue weighted by molar-refractivity contribution is 0.269. The molecule has 0 unspecified atom stereocenters. The molecule has 0 bridgehead atoms. The second kappa shape index (κ2) is 4.53. The SMILES string of the molecule is COc1c(C)cc(NC(=O)Cl)c(C)c1C. The van der Waals surface area contributed by atoms with Crippen molar-refractivity contribution < 1.29 is 9.53 Å². The van der Waals surface area contributed by atoms with Crippen LogP contribution < -0.4 is 10.1 Å². The first-order chi connectivity index (χ1) is 6.97. The van der Waals surface area contributed by atoms with Gasteiger partial charge in [0, 0.05) is 5.69 Å². The average Bonchev–Trinajstić information content (AvgIpc) is 2.14. The largest absolute Gasteiger partial charge is 0.496 e. The lowest BCUT2D eigenvalue weighted by atomic mass is 10.0. The van der Waals surface area contributed by atoms with Gasteiger partial charge in [0.25, 0.3) is 0 Å². The van der Waals surface area contributed by atoms with Crippen molar-refractivity contribution in [2.75, 3.05) is 12.4 Å². The first-order valence-electron chi connectivity index (χ1n) is 4.58. The summed E-state index contributed by atoms with van der Waals surface area (Å²) in [7, 11) is 1.63. The number of hydrogen-bond acceptors (Lipinski definition) is 2. The highest BCUT2D eigenvalue weighted by Gasteiger charge is 2.11. The maximum atomic E-state index is 10.8. The summed E-state index contributed by atoms with van der Waals surface area (Å²) in [5.74, 6) is 0.847. The number of rotatable bonds is 2. The Labute approximate surface area is 94.4 Å². The van der Waals surface area contributed by atoms with Crippen molar-refractivity contribution in [3.63, 3.8) is 0 Å². The van der Waals surface area contributed by atoms with Gasteiger partial charge in [-0.25, -0.2) is 0 Å². The standard InChI is InChI=1S/C11H14ClNO2/c1-6-5-9(13-11(12)14)7(2)8(3)10(6)15-4/h5H,1-4H3,(H,13,14). The van der Waals surface area contributed by atoms with E-state index in [9.17, 15) is 4.79 Å². The minimum absolute atomic E-state index is 0.581. The van der Waals surface area contributed by atoms with E-state index in [1.165, 1.54) is 0 Å². The van der Waals surface area contributed by atoms with E-state index in [0.717, 1.165) is 28.1 Å². The zero-order valence-electron chi connectivity index (χ0n) is 9.27. The van der Waals surface area contributed by atoms with E-state index in [2.05, 4.69) is 5.32 Å². The Balaban J connectivity index is 3.27. The molecule has 0 radical (unpaired) electrons. The van der Waals surface area contributed by atoms with Crippen LogP contribution in [0.1, 0.15) is 16.7 Å². The summed E-state index contributed by atoms with van der Waals surface area (Å²) in [6, 6.07) is 1.85. The van der Waals surface area contributed by atoms with Crippen LogP contribution in [0.3, 0.4) is 0 Å². The molecule has 0 saturated carbocycles. The molecule has 0 saturated heterocycles. The van der Waals surface area contributed by atoms with Gasteiger partial charge in [-0.2, -0.15) is 0 Å². The number of carbonyl (C=O) groups excluding carboxylic acids is 1. The summed E-state index contributed by atoms with van der Waals surface area (Å²) in [5.41, 5.74) is 3.68. The number of aryl methyl sites for hydroxylation is 1. The van der Waals surface area contributed by atoms with E-state index in [0.29, 0.717) is 0 Å². The Kier molecular flexibility index (Phi) is 3.58. The Bertz CT molecular complexity index is 402. The maximum Gasteiger partial charge on any atom is 0.318 e. The highest BCUT2D eigenvalue weighted by molar-refractivity contribution is 6.65. The molecule has 15 heavy (non-hydrogen) atoms. The van der Waals surface area contributed by atoms with Crippen LogP contribution in [0, 0.1) is 20.8 Å². The lowest BCUT2D eigenvalue weighted by Crippen LogP contribution is -2.05. The van der Waals surface area contributed by atoms with Crippen molar-refractivity contribution in [1.82, 2.24) is 0 Å². The summed E-state index contributed by atoms with van der Waals surface area (Å²) >= 11 is 5.28. The van der Waals surface area contributed by atoms with Gasteiger partial charge in [0.1, 0.15) is 5.75 Å². The number of amides is 1. The van der Waals surface area contributed by atoms with Crippen LogP contribution in [0.25, 0.3) is 0 Å². The molecule has 0 aromatic heterocycles. The smallest absolute Gasteiger partial charge is 0.318 e. The number of hydrogen-bond donors (Lipinski definition) is 1. The van der Waals surface area contributed by atoms with Crippen LogP contribution in [-0.4, -0.2) is 12.5 Å². The quantitative estimate of drug-likeness (QED) is 0.621. The molecule has 0 spiro atoms. The molecule has 1 aromatic carbocycles. The Morgan fingerprint density at radius 2 is 1.93 bits per heavy atom. The maximum absolute atomic E-state index is 10.8. The summed E-state index contributed by atoms with van der Waals surface area (Å²) in [5, 5.41) is 2.00.